The lowest BCUT2D eigenvalue weighted by Crippen LogP contribution is -2.12. The second kappa shape index (κ2) is 15.6. The molecule has 0 bridgehead atoms. The average molecular weight is 557 g/mol. The molecule has 0 N–H and O–H groups in total. The van der Waals surface area contributed by atoms with Gasteiger partial charge in [0.2, 0.25) is 0 Å². The highest BCUT2D eigenvalue weighted by Gasteiger charge is 2.04. The molecule has 0 fully saturated rings. The summed E-state index contributed by atoms with van der Waals surface area (Å²) in [7, 11) is 0. The Morgan fingerprint density at radius 3 is 1.49 bits per heavy atom. The highest BCUT2D eigenvalue weighted by Crippen LogP contribution is 2.19. The van der Waals surface area contributed by atoms with Crippen LogP contribution in [0.25, 0.3) is 24.3 Å². The van der Waals surface area contributed by atoms with Crippen LogP contribution in [0.5, 0.6) is 11.5 Å². The van der Waals surface area contributed by atoms with Crippen molar-refractivity contribution in [1.82, 2.24) is 0 Å². The van der Waals surface area contributed by atoms with Crippen molar-refractivity contribution >= 4 is 36.2 Å². The van der Waals surface area contributed by atoms with E-state index < -0.39 is 11.9 Å². The number of carbonyl (C=O) groups is 2. The van der Waals surface area contributed by atoms with Crippen molar-refractivity contribution in [3.8, 4) is 11.5 Å². The van der Waals surface area contributed by atoms with Crippen molar-refractivity contribution in [1.29, 1.82) is 0 Å². The Morgan fingerprint density at radius 1 is 0.634 bits per heavy atom. The van der Waals surface area contributed by atoms with Gasteiger partial charge >= 0.3 is 11.9 Å². The first-order valence-electron chi connectivity index (χ1n) is 13.0. The molecule has 0 unspecified atom stereocenters. The van der Waals surface area contributed by atoms with Gasteiger partial charge in [-0.05, 0) is 60.9 Å². The molecule has 0 aliphatic carbocycles. The minimum atomic E-state index is -0.444. The fourth-order valence-corrected chi connectivity index (χ4v) is 3.35. The largest absolute Gasteiger partial charge is 0.490 e. The van der Waals surface area contributed by atoms with Gasteiger partial charge in [-0.2, -0.15) is 0 Å². The lowest BCUT2D eigenvalue weighted by Gasteiger charge is -2.07. The highest BCUT2D eigenvalue weighted by molar-refractivity contribution is 5.87. The van der Waals surface area contributed by atoms with Crippen molar-refractivity contribution < 1.29 is 32.9 Å². The fourth-order valence-electron chi connectivity index (χ4n) is 3.35. The van der Waals surface area contributed by atoms with E-state index in [4.69, 9.17) is 18.9 Å². The molecule has 0 atom stereocenters. The molecule has 0 amide bonds. The van der Waals surface area contributed by atoms with Crippen molar-refractivity contribution in [2.24, 2.45) is 0 Å². The quantitative estimate of drug-likeness (QED) is 0.0908. The number of hydrogen-bond donors (Lipinski definition) is 0. The first kappa shape index (κ1) is 30.6. The number of benzene rings is 3. The van der Waals surface area contributed by atoms with E-state index >= 15 is 0 Å². The zero-order chi connectivity index (χ0) is 29.6. The molecule has 0 heterocycles. The first-order chi connectivity index (χ1) is 19.7. The lowest BCUT2D eigenvalue weighted by atomic mass is 10.1. The summed E-state index contributed by atoms with van der Waals surface area (Å²) in [6, 6.07) is 19.8. The zero-order valence-corrected chi connectivity index (χ0v) is 23.2. The number of halogens is 1. The summed E-state index contributed by atoms with van der Waals surface area (Å²) in [6.07, 6.45) is 7.26. The minimum absolute atomic E-state index is 0.136. The number of hydrogen-bond acceptors (Lipinski definition) is 6. The molecule has 0 aliphatic heterocycles. The molecule has 6 nitrogen and oxygen atoms in total. The van der Waals surface area contributed by atoms with Crippen molar-refractivity contribution in [2.75, 3.05) is 26.4 Å². The maximum absolute atomic E-state index is 14.7. The van der Waals surface area contributed by atoms with Gasteiger partial charge in [0.15, 0.2) is 0 Å². The molecule has 0 saturated carbocycles. The summed E-state index contributed by atoms with van der Waals surface area (Å²) < 4.78 is 35.8. The minimum Gasteiger partial charge on any atom is -0.490 e. The molecule has 212 valence electrons. The molecular formula is C34H33FO6. The highest BCUT2D eigenvalue weighted by atomic mass is 19.1. The molecule has 3 aromatic rings. The monoisotopic (exact) mass is 556 g/mol. The van der Waals surface area contributed by atoms with Crippen molar-refractivity contribution in [3.63, 3.8) is 0 Å². The normalized spacial score (nSPS) is 10.9. The van der Waals surface area contributed by atoms with Crippen LogP contribution >= 0.6 is 0 Å². The second-order valence-corrected chi connectivity index (χ2v) is 9.12. The molecule has 7 heteroatoms. The number of esters is 2. The van der Waals surface area contributed by atoms with Crippen LogP contribution in [0, 0.1) is 5.82 Å². The molecule has 0 saturated heterocycles. The Hall–Kier alpha value is -4.91. The molecule has 0 spiro atoms. The lowest BCUT2D eigenvalue weighted by molar-refractivity contribution is -0.140. The van der Waals surface area contributed by atoms with E-state index in [-0.39, 0.29) is 32.2 Å². The predicted octanol–water partition coefficient (Wildman–Crippen LogP) is 7.16. The SMILES string of the molecule is C=C(C)C(=O)OCCOc1ccc(C=Cc2ccc(C=Cc3ccc(OCCOC(=O)C(=C)C)cc3)c(F)c2)cc1. The molecule has 3 rings (SSSR count). The van der Waals surface area contributed by atoms with Gasteiger partial charge in [0.1, 0.15) is 43.7 Å². The van der Waals surface area contributed by atoms with Crippen LogP contribution in [0.3, 0.4) is 0 Å². The molecule has 3 aromatic carbocycles. The van der Waals surface area contributed by atoms with Crippen LogP contribution in [0.2, 0.25) is 0 Å². The summed E-state index contributed by atoms with van der Waals surface area (Å²) >= 11 is 0. The van der Waals surface area contributed by atoms with E-state index in [1.807, 2.05) is 60.7 Å². The summed E-state index contributed by atoms with van der Waals surface area (Å²) in [5, 5.41) is 0. The van der Waals surface area contributed by atoms with Gasteiger partial charge in [0, 0.05) is 16.7 Å². The molecule has 0 aliphatic rings. The fraction of sp³-hybridized carbons (Fsp3) is 0.176. The smallest absolute Gasteiger partial charge is 0.333 e. The number of rotatable bonds is 14. The molecule has 0 radical (unpaired) electrons. The van der Waals surface area contributed by atoms with E-state index in [1.165, 1.54) is 6.07 Å². The maximum Gasteiger partial charge on any atom is 0.333 e. The van der Waals surface area contributed by atoms with Crippen LogP contribution in [-0.4, -0.2) is 38.4 Å². The summed E-state index contributed by atoms with van der Waals surface area (Å²) in [5.41, 5.74) is 3.70. The number of ether oxygens (including phenoxy) is 4. The maximum atomic E-state index is 14.7. The summed E-state index contributed by atoms with van der Waals surface area (Å²) in [4.78, 5) is 22.7. The van der Waals surface area contributed by atoms with Crippen molar-refractivity contribution in [2.45, 2.75) is 13.8 Å². The predicted molar refractivity (Wildman–Crippen MR) is 160 cm³/mol. The first-order valence-corrected chi connectivity index (χ1v) is 13.0. The Morgan fingerprint density at radius 2 is 1.05 bits per heavy atom. The molecule has 0 aromatic heterocycles. The topological polar surface area (TPSA) is 71.1 Å². The van der Waals surface area contributed by atoms with Crippen molar-refractivity contribution in [3.05, 3.63) is 119 Å². The molecular weight excluding hydrogens is 523 g/mol. The van der Waals surface area contributed by atoms with Gasteiger partial charge < -0.3 is 18.9 Å². The Labute approximate surface area is 240 Å². The summed E-state index contributed by atoms with van der Waals surface area (Å²) in [5.74, 6) is 0.0771. The third-order valence-corrected chi connectivity index (χ3v) is 5.58. The van der Waals surface area contributed by atoms with E-state index in [1.54, 1.807) is 38.1 Å². The third kappa shape index (κ3) is 10.6. The number of carbonyl (C=O) groups excluding carboxylic acids is 2. The van der Waals surface area contributed by atoms with E-state index in [2.05, 4.69) is 13.2 Å². The van der Waals surface area contributed by atoms with Gasteiger partial charge in [0.25, 0.3) is 0 Å². The Bertz CT molecular complexity index is 1420. The van der Waals surface area contributed by atoms with Crippen LogP contribution in [0.15, 0.2) is 91.0 Å². The Kier molecular flexibility index (Phi) is 11.7. The Balaban J connectivity index is 1.47. The van der Waals surface area contributed by atoms with Gasteiger partial charge in [0.05, 0.1) is 0 Å². The van der Waals surface area contributed by atoms with Crippen LogP contribution in [0.4, 0.5) is 4.39 Å². The van der Waals surface area contributed by atoms with Gasteiger partial charge in [-0.3, -0.25) is 0 Å². The molecule has 41 heavy (non-hydrogen) atoms. The van der Waals surface area contributed by atoms with E-state index in [0.29, 0.717) is 28.2 Å². The van der Waals surface area contributed by atoms with Crippen LogP contribution < -0.4 is 9.47 Å². The van der Waals surface area contributed by atoms with Gasteiger partial charge in [-0.15, -0.1) is 0 Å². The van der Waals surface area contributed by atoms with E-state index in [0.717, 1.165) is 16.7 Å². The standard InChI is InChI=1S/C34H33FO6/c1-24(2)33(36)40-21-19-38-30-15-9-26(10-16-30)5-6-28-8-14-29(32(35)23-28)13-7-27-11-17-31(18-12-27)39-20-22-41-34(37)25(3)4/h5-18,23H,1,3,19-22H2,2,4H3. The summed E-state index contributed by atoms with van der Waals surface area (Å²) in [6.45, 7) is 11.0. The third-order valence-electron chi connectivity index (χ3n) is 5.58. The van der Waals surface area contributed by atoms with Crippen LogP contribution in [-0.2, 0) is 19.1 Å². The average Bonchev–Trinajstić information content (AvgIpc) is 2.96. The van der Waals surface area contributed by atoms with Crippen LogP contribution in [0.1, 0.15) is 36.1 Å². The van der Waals surface area contributed by atoms with E-state index in [9.17, 15) is 14.0 Å². The van der Waals surface area contributed by atoms with Gasteiger partial charge in [-0.25, -0.2) is 14.0 Å². The second-order valence-electron chi connectivity index (χ2n) is 9.12. The zero-order valence-electron chi connectivity index (χ0n) is 23.2. The van der Waals surface area contributed by atoms with Gasteiger partial charge in [-0.1, -0.05) is 73.9 Å².